The van der Waals surface area contributed by atoms with E-state index >= 15 is 0 Å². The number of hydrogen-bond donors (Lipinski definition) is 1. The van der Waals surface area contributed by atoms with Crippen molar-refractivity contribution >= 4 is 27.3 Å². The number of hydrogen-bond acceptors (Lipinski definition) is 2. The Bertz CT molecular complexity index is 344. The highest BCUT2D eigenvalue weighted by atomic mass is 79.9. The molecule has 0 fully saturated rings. The Balaban J connectivity index is 2.40. The molecule has 0 aliphatic carbocycles. The highest BCUT2D eigenvalue weighted by molar-refractivity contribution is 9.10. The lowest BCUT2D eigenvalue weighted by Gasteiger charge is -2.24. The van der Waals surface area contributed by atoms with Crippen molar-refractivity contribution in [3.63, 3.8) is 0 Å². The number of rotatable bonds is 7. The van der Waals surface area contributed by atoms with E-state index in [9.17, 15) is 0 Å². The van der Waals surface area contributed by atoms with Gasteiger partial charge in [0.15, 0.2) is 0 Å². The van der Waals surface area contributed by atoms with Crippen molar-refractivity contribution in [3.8, 4) is 0 Å². The highest BCUT2D eigenvalue weighted by Crippen LogP contribution is 2.31. The molecule has 0 aliphatic rings. The minimum Gasteiger partial charge on any atom is -0.316 e. The van der Waals surface area contributed by atoms with Gasteiger partial charge in [-0.3, -0.25) is 0 Å². The van der Waals surface area contributed by atoms with Crippen LogP contribution in [0.25, 0.3) is 0 Å². The maximum Gasteiger partial charge on any atom is 0.0317 e. The second kappa shape index (κ2) is 6.91. The SMILES string of the molecule is CCCNCC(C)(C)CCc1sc(C)cc1Br. The summed E-state index contributed by atoms with van der Waals surface area (Å²) in [5.74, 6) is 0. The summed E-state index contributed by atoms with van der Waals surface area (Å²) < 4.78 is 1.29. The zero-order valence-electron chi connectivity index (χ0n) is 11.4. The molecule has 0 saturated carbocycles. The summed E-state index contributed by atoms with van der Waals surface area (Å²) >= 11 is 5.56. The fraction of sp³-hybridized carbons (Fsp3) is 0.714. The van der Waals surface area contributed by atoms with Crippen molar-refractivity contribution in [3.05, 3.63) is 20.3 Å². The Morgan fingerprint density at radius 1 is 1.41 bits per heavy atom. The van der Waals surface area contributed by atoms with Gasteiger partial charge in [0, 0.05) is 20.8 Å². The second-order valence-corrected chi connectivity index (χ2v) is 7.66. The van der Waals surface area contributed by atoms with Crippen molar-refractivity contribution in [1.82, 2.24) is 5.32 Å². The van der Waals surface area contributed by atoms with Crippen LogP contribution in [0.15, 0.2) is 10.5 Å². The van der Waals surface area contributed by atoms with Gasteiger partial charge < -0.3 is 5.32 Å². The monoisotopic (exact) mass is 317 g/mol. The normalized spacial score (nSPS) is 12.1. The topological polar surface area (TPSA) is 12.0 Å². The van der Waals surface area contributed by atoms with E-state index in [-0.39, 0.29) is 0 Å². The van der Waals surface area contributed by atoms with Crippen molar-refractivity contribution in [2.75, 3.05) is 13.1 Å². The molecule has 1 rings (SSSR count). The summed E-state index contributed by atoms with van der Waals surface area (Å²) in [6, 6.07) is 2.22. The van der Waals surface area contributed by atoms with E-state index in [1.807, 2.05) is 11.3 Å². The molecular formula is C14H24BrNS. The average Bonchev–Trinajstić information content (AvgIpc) is 2.55. The van der Waals surface area contributed by atoms with E-state index in [0.29, 0.717) is 5.41 Å². The highest BCUT2D eigenvalue weighted by Gasteiger charge is 2.18. The lowest BCUT2D eigenvalue weighted by atomic mass is 9.87. The maximum atomic E-state index is 3.64. The van der Waals surface area contributed by atoms with Crippen molar-refractivity contribution in [2.45, 2.75) is 47.0 Å². The molecule has 1 N–H and O–H groups in total. The van der Waals surface area contributed by atoms with Crippen LogP contribution < -0.4 is 5.32 Å². The molecule has 0 aromatic carbocycles. The Labute approximate surface area is 118 Å². The third kappa shape index (κ3) is 5.54. The minimum absolute atomic E-state index is 0.381. The Kier molecular flexibility index (Phi) is 6.18. The van der Waals surface area contributed by atoms with Gasteiger partial charge in [0.05, 0.1) is 0 Å². The van der Waals surface area contributed by atoms with Crippen LogP contribution in [0.3, 0.4) is 0 Å². The number of thiophene rings is 1. The average molecular weight is 318 g/mol. The summed E-state index contributed by atoms with van der Waals surface area (Å²) in [5, 5.41) is 3.52. The quantitative estimate of drug-likeness (QED) is 0.714. The zero-order valence-corrected chi connectivity index (χ0v) is 13.8. The maximum absolute atomic E-state index is 3.64. The lowest BCUT2D eigenvalue weighted by Crippen LogP contribution is -2.30. The Hall–Kier alpha value is 0.140. The molecule has 0 amide bonds. The van der Waals surface area contributed by atoms with Gasteiger partial charge in [0.2, 0.25) is 0 Å². The minimum atomic E-state index is 0.381. The van der Waals surface area contributed by atoms with Crippen molar-refractivity contribution < 1.29 is 0 Å². The summed E-state index contributed by atoms with van der Waals surface area (Å²) in [5.41, 5.74) is 0.381. The van der Waals surface area contributed by atoms with Gasteiger partial charge in [0.1, 0.15) is 0 Å². The van der Waals surface area contributed by atoms with Gasteiger partial charge in [-0.15, -0.1) is 11.3 Å². The molecule has 1 heterocycles. The third-order valence-electron chi connectivity index (χ3n) is 2.94. The van der Waals surface area contributed by atoms with E-state index in [1.165, 1.54) is 33.5 Å². The van der Waals surface area contributed by atoms with Gasteiger partial charge in [0.25, 0.3) is 0 Å². The van der Waals surface area contributed by atoms with Gasteiger partial charge in [-0.05, 0) is 60.1 Å². The van der Waals surface area contributed by atoms with Crippen LogP contribution in [0.4, 0.5) is 0 Å². The molecule has 1 aromatic rings. The number of aryl methyl sites for hydroxylation is 2. The van der Waals surface area contributed by atoms with E-state index in [2.05, 4.69) is 55.0 Å². The molecule has 0 spiro atoms. The molecule has 3 heteroatoms. The van der Waals surface area contributed by atoms with Crippen LogP contribution in [0, 0.1) is 12.3 Å². The zero-order chi connectivity index (χ0) is 12.9. The first kappa shape index (κ1) is 15.2. The van der Waals surface area contributed by atoms with Crippen LogP contribution in [0.5, 0.6) is 0 Å². The van der Waals surface area contributed by atoms with Crippen LogP contribution in [-0.4, -0.2) is 13.1 Å². The standard InChI is InChI=1S/C14H24BrNS/c1-5-8-16-10-14(3,4)7-6-13-12(15)9-11(2)17-13/h9,16H,5-8,10H2,1-4H3. The summed E-state index contributed by atoms with van der Waals surface area (Å²) in [6.07, 6.45) is 3.63. The number of halogens is 1. The fourth-order valence-electron chi connectivity index (χ4n) is 1.85. The molecule has 0 radical (unpaired) electrons. The van der Waals surface area contributed by atoms with Gasteiger partial charge in [-0.25, -0.2) is 0 Å². The van der Waals surface area contributed by atoms with Crippen LogP contribution in [0.2, 0.25) is 0 Å². The Morgan fingerprint density at radius 3 is 2.65 bits per heavy atom. The molecule has 0 unspecified atom stereocenters. The largest absolute Gasteiger partial charge is 0.316 e. The second-order valence-electron chi connectivity index (χ2n) is 5.47. The molecule has 0 atom stereocenters. The van der Waals surface area contributed by atoms with Crippen LogP contribution >= 0.6 is 27.3 Å². The molecular weight excluding hydrogens is 294 g/mol. The summed E-state index contributed by atoms with van der Waals surface area (Å²) in [7, 11) is 0. The molecule has 1 aromatic heterocycles. The molecule has 98 valence electrons. The smallest absolute Gasteiger partial charge is 0.0317 e. The first-order valence-electron chi connectivity index (χ1n) is 6.40. The lowest BCUT2D eigenvalue weighted by molar-refractivity contribution is 0.316. The summed E-state index contributed by atoms with van der Waals surface area (Å²) in [6.45, 7) is 11.3. The predicted molar refractivity (Wildman–Crippen MR) is 82.0 cm³/mol. The van der Waals surface area contributed by atoms with E-state index < -0.39 is 0 Å². The fourth-order valence-corrected chi connectivity index (χ4v) is 3.71. The first-order valence-corrected chi connectivity index (χ1v) is 8.01. The van der Waals surface area contributed by atoms with E-state index in [4.69, 9.17) is 0 Å². The first-order chi connectivity index (χ1) is 7.94. The Morgan fingerprint density at radius 2 is 2.12 bits per heavy atom. The molecule has 0 bridgehead atoms. The van der Waals surface area contributed by atoms with Crippen molar-refractivity contribution in [1.29, 1.82) is 0 Å². The van der Waals surface area contributed by atoms with Crippen LogP contribution in [0.1, 0.15) is 43.4 Å². The molecule has 1 nitrogen and oxygen atoms in total. The van der Waals surface area contributed by atoms with Gasteiger partial charge in [-0.1, -0.05) is 20.8 Å². The van der Waals surface area contributed by atoms with Crippen molar-refractivity contribution in [2.24, 2.45) is 5.41 Å². The van der Waals surface area contributed by atoms with Crippen LogP contribution in [-0.2, 0) is 6.42 Å². The summed E-state index contributed by atoms with van der Waals surface area (Å²) in [4.78, 5) is 2.89. The number of nitrogens with one attached hydrogen (secondary N) is 1. The molecule has 17 heavy (non-hydrogen) atoms. The van der Waals surface area contributed by atoms with E-state index in [1.54, 1.807) is 0 Å². The molecule has 0 saturated heterocycles. The predicted octanol–water partition coefficient (Wildman–Crippen LogP) is 4.78. The molecule has 0 aliphatic heterocycles. The third-order valence-corrected chi connectivity index (χ3v) is 5.02. The van der Waals surface area contributed by atoms with Gasteiger partial charge >= 0.3 is 0 Å². The van der Waals surface area contributed by atoms with Gasteiger partial charge in [-0.2, -0.15) is 0 Å². The van der Waals surface area contributed by atoms with E-state index in [0.717, 1.165) is 13.1 Å².